The summed E-state index contributed by atoms with van der Waals surface area (Å²) in [5.41, 5.74) is 1.30. The van der Waals surface area contributed by atoms with E-state index in [-0.39, 0.29) is 11.8 Å². The lowest BCUT2D eigenvalue weighted by molar-refractivity contribution is -0.127. The van der Waals surface area contributed by atoms with Gasteiger partial charge in [0.2, 0.25) is 5.91 Å². The molecule has 0 aromatic carbocycles. The summed E-state index contributed by atoms with van der Waals surface area (Å²) in [5, 5.41) is 3.16. The number of amides is 1. The van der Waals surface area contributed by atoms with Crippen molar-refractivity contribution < 1.29 is 4.79 Å². The predicted molar refractivity (Wildman–Crippen MR) is 109 cm³/mol. The van der Waals surface area contributed by atoms with Crippen molar-refractivity contribution in [3.05, 3.63) is 30.1 Å². The van der Waals surface area contributed by atoms with Gasteiger partial charge in [0.05, 0.1) is 5.92 Å². The summed E-state index contributed by atoms with van der Waals surface area (Å²) in [5.74, 6) is 1.10. The summed E-state index contributed by atoms with van der Waals surface area (Å²) in [4.78, 5) is 21.9. The van der Waals surface area contributed by atoms with Crippen LogP contribution in [0.15, 0.2) is 24.5 Å². The molecule has 2 saturated heterocycles. The Labute approximate surface area is 164 Å². The molecule has 5 heteroatoms. The van der Waals surface area contributed by atoms with E-state index in [1.165, 1.54) is 18.4 Å². The molecular formula is C22H36N4O. The Kier molecular flexibility index (Phi) is 7.65. The zero-order valence-corrected chi connectivity index (χ0v) is 17.1. The van der Waals surface area contributed by atoms with E-state index in [0.29, 0.717) is 12.0 Å². The van der Waals surface area contributed by atoms with Gasteiger partial charge in [-0.05, 0) is 69.3 Å². The second kappa shape index (κ2) is 10.2. The number of carbonyl (C=O) groups is 1. The van der Waals surface area contributed by atoms with Gasteiger partial charge in [0.1, 0.15) is 0 Å². The van der Waals surface area contributed by atoms with Crippen molar-refractivity contribution in [2.45, 2.75) is 58.5 Å². The molecule has 1 aromatic rings. The minimum absolute atomic E-state index is 0.180. The first-order chi connectivity index (χ1) is 13.1. The lowest BCUT2D eigenvalue weighted by Gasteiger charge is -2.42. The second-order valence-corrected chi connectivity index (χ2v) is 8.68. The molecule has 2 fully saturated rings. The molecule has 0 radical (unpaired) electrons. The van der Waals surface area contributed by atoms with E-state index in [9.17, 15) is 4.79 Å². The number of aromatic nitrogens is 1. The molecule has 2 aliphatic heterocycles. The average Bonchev–Trinajstić information content (AvgIpc) is 2.69. The van der Waals surface area contributed by atoms with Gasteiger partial charge < -0.3 is 5.32 Å². The molecule has 150 valence electrons. The summed E-state index contributed by atoms with van der Waals surface area (Å²) in [7, 11) is 0. The highest BCUT2D eigenvalue weighted by molar-refractivity contribution is 5.78. The number of nitrogens with one attached hydrogen (secondary N) is 1. The van der Waals surface area contributed by atoms with Crippen LogP contribution in [-0.2, 0) is 11.3 Å². The standard InChI is InChI=1S/C22H36N4O/c1-18(2)7-11-24-22(27)20-6-4-12-26(17-20)21-8-13-25(14-9-21)16-19-5-3-10-23-15-19/h3,5,10,15,18,20-21H,4,6-9,11-14,16-17H2,1-2H3,(H,24,27)/t20-/m0/s1. The Balaban J connectivity index is 1.42. The Morgan fingerprint density at radius 1 is 1.26 bits per heavy atom. The number of carbonyl (C=O) groups excluding carboxylic acids is 1. The Morgan fingerprint density at radius 2 is 2.07 bits per heavy atom. The highest BCUT2D eigenvalue weighted by atomic mass is 16.1. The lowest BCUT2D eigenvalue weighted by atomic mass is 9.93. The number of rotatable bonds is 7. The van der Waals surface area contributed by atoms with Gasteiger partial charge in [-0.25, -0.2) is 0 Å². The molecule has 0 bridgehead atoms. The van der Waals surface area contributed by atoms with Crippen molar-refractivity contribution in [3.8, 4) is 0 Å². The fourth-order valence-corrected chi connectivity index (χ4v) is 4.37. The van der Waals surface area contributed by atoms with E-state index >= 15 is 0 Å². The third-order valence-corrected chi connectivity index (χ3v) is 6.05. The van der Waals surface area contributed by atoms with Gasteiger partial charge in [0.25, 0.3) is 0 Å². The topological polar surface area (TPSA) is 48.5 Å². The molecular weight excluding hydrogens is 336 g/mol. The van der Waals surface area contributed by atoms with Gasteiger partial charge in [0, 0.05) is 38.1 Å². The fourth-order valence-electron chi connectivity index (χ4n) is 4.37. The van der Waals surface area contributed by atoms with Crippen LogP contribution in [-0.4, -0.2) is 59.5 Å². The van der Waals surface area contributed by atoms with Crippen LogP contribution in [0.2, 0.25) is 0 Å². The maximum Gasteiger partial charge on any atom is 0.224 e. The normalized spacial score (nSPS) is 22.9. The van der Waals surface area contributed by atoms with Crippen LogP contribution in [0.4, 0.5) is 0 Å². The third kappa shape index (κ3) is 6.28. The number of nitrogens with zero attached hydrogens (tertiary/aromatic N) is 3. The highest BCUT2D eigenvalue weighted by Crippen LogP contribution is 2.24. The average molecular weight is 373 g/mol. The van der Waals surface area contributed by atoms with Crippen LogP contribution in [0.1, 0.15) is 51.5 Å². The quantitative estimate of drug-likeness (QED) is 0.799. The summed E-state index contributed by atoms with van der Waals surface area (Å²) in [6, 6.07) is 4.82. The molecule has 0 unspecified atom stereocenters. The van der Waals surface area contributed by atoms with Crippen molar-refractivity contribution in [1.82, 2.24) is 20.1 Å². The van der Waals surface area contributed by atoms with E-state index < -0.39 is 0 Å². The molecule has 0 aliphatic carbocycles. The third-order valence-electron chi connectivity index (χ3n) is 6.05. The molecule has 1 amide bonds. The van der Waals surface area contributed by atoms with Crippen LogP contribution in [0.3, 0.4) is 0 Å². The Hall–Kier alpha value is -1.46. The summed E-state index contributed by atoms with van der Waals surface area (Å²) in [6.45, 7) is 10.6. The molecule has 1 aromatic heterocycles. The number of likely N-dealkylation sites (tertiary alicyclic amines) is 2. The van der Waals surface area contributed by atoms with Crippen LogP contribution in [0.5, 0.6) is 0 Å². The molecule has 2 aliphatic rings. The maximum absolute atomic E-state index is 12.5. The van der Waals surface area contributed by atoms with Crippen molar-refractivity contribution in [2.75, 3.05) is 32.7 Å². The van der Waals surface area contributed by atoms with E-state index in [1.807, 2.05) is 18.5 Å². The van der Waals surface area contributed by atoms with Crippen LogP contribution in [0, 0.1) is 11.8 Å². The van der Waals surface area contributed by atoms with Gasteiger partial charge in [0.15, 0.2) is 0 Å². The minimum Gasteiger partial charge on any atom is -0.356 e. The fraction of sp³-hybridized carbons (Fsp3) is 0.727. The summed E-state index contributed by atoms with van der Waals surface area (Å²) < 4.78 is 0. The van der Waals surface area contributed by atoms with Crippen molar-refractivity contribution in [3.63, 3.8) is 0 Å². The predicted octanol–water partition coefficient (Wildman–Crippen LogP) is 2.92. The summed E-state index contributed by atoms with van der Waals surface area (Å²) in [6.07, 6.45) is 9.49. The van der Waals surface area contributed by atoms with Crippen molar-refractivity contribution in [1.29, 1.82) is 0 Å². The number of pyridine rings is 1. The molecule has 0 spiro atoms. The van der Waals surface area contributed by atoms with Crippen LogP contribution < -0.4 is 5.32 Å². The molecule has 5 nitrogen and oxygen atoms in total. The molecule has 27 heavy (non-hydrogen) atoms. The maximum atomic E-state index is 12.5. The van der Waals surface area contributed by atoms with E-state index in [0.717, 1.165) is 58.5 Å². The zero-order chi connectivity index (χ0) is 19.1. The van der Waals surface area contributed by atoms with E-state index in [2.05, 4.69) is 40.0 Å². The highest BCUT2D eigenvalue weighted by Gasteiger charge is 2.31. The smallest absolute Gasteiger partial charge is 0.224 e. The van der Waals surface area contributed by atoms with Crippen molar-refractivity contribution in [2.24, 2.45) is 11.8 Å². The number of piperidine rings is 2. The Morgan fingerprint density at radius 3 is 2.78 bits per heavy atom. The van der Waals surface area contributed by atoms with Gasteiger partial charge in [-0.2, -0.15) is 0 Å². The molecule has 0 saturated carbocycles. The summed E-state index contributed by atoms with van der Waals surface area (Å²) >= 11 is 0. The molecule has 1 atom stereocenters. The SMILES string of the molecule is CC(C)CCNC(=O)[C@H]1CCCN(C2CCN(Cc3cccnc3)CC2)C1. The van der Waals surface area contributed by atoms with Gasteiger partial charge in [-0.3, -0.25) is 19.6 Å². The van der Waals surface area contributed by atoms with Gasteiger partial charge in [-0.15, -0.1) is 0 Å². The molecule has 3 heterocycles. The molecule has 3 rings (SSSR count). The largest absolute Gasteiger partial charge is 0.356 e. The van der Waals surface area contributed by atoms with E-state index in [4.69, 9.17) is 0 Å². The van der Waals surface area contributed by atoms with Crippen molar-refractivity contribution >= 4 is 5.91 Å². The Bertz CT molecular complexity index is 569. The minimum atomic E-state index is 0.180. The van der Waals surface area contributed by atoms with E-state index in [1.54, 1.807) is 0 Å². The number of hydrogen-bond acceptors (Lipinski definition) is 4. The first-order valence-electron chi connectivity index (χ1n) is 10.7. The van der Waals surface area contributed by atoms with Crippen LogP contribution in [0.25, 0.3) is 0 Å². The lowest BCUT2D eigenvalue weighted by Crippen LogP contribution is -2.50. The number of hydrogen-bond donors (Lipinski definition) is 1. The first kappa shape index (κ1) is 20.3. The molecule has 1 N–H and O–H groups in total. The van der Waals surface area contributed by atoms with Crippen LogP contribution >= 0.6 is 0 Å². The first-order valence-corrected chi connectivity index (χ1v) is 10.7. The monoisotopic (exact) mass is 372 g/mol. The zero-order valence-electron chi connectivity index (χ0n) is 17.1. The van der Waals surface area contributed by atoms with Gasteiger partial charge in [-0.1, -0.05) is 19.9 Å². The second-order valence-electron chi connectivity index (χ2n) is 8.68. The van der Waals surface area contributed by atoms with Gasteiger partial charge >= 0.3 is 0 Å².